The SMILES string of the molecule is Brc1ccc(CN2C[C@H]3CC[C@@H]2Cc2ccccc2C3)s1. The average Bonchev–Trinajstić information content (AvgIpc) is 2.85. The molecule has 1 aromatic heterocycles. The molecule has 0 saturated carbocycles. The van der Waals surface area contributed by atoms with E-state index in [-0.39, 0.29) is 0 Å². The van der Waals surface area contributed by atoms with Crippen molar-refractivity contribution in [3.8, 4) is 0 Å². The van der Waals surface area contributed by atoms with Gasteiger partial charge in [-0.1, -0.05) is 24.3 Å². The summed E-state index contributed by atoms with van der Waals surface area (Å²) < 4.78 is 1.25. The summed E-state index contributed by atoms with van der Waals surface area (Å²) >= 11 is 5.47. The number of piperidine rings is 1. The Morgan fingerprint density at radius 2 is 1.86 bits per heavy atom. The highest BCUT2D eigenvalue weighted by Gasteiger charge is 2.31. The molecule has 1 aliphatic carbocycles. The second kappa shape index (κ2) is 5.86. The summed E-state index contributed by atoms with van der Waals surface area (Å²) in [6, 6.07) is 14.3. The lowest BCUT2D eigenvalue weighted by Gasteiger charge is -2.42. The van der Waals surface area contributed by atoms with Gasteiger partial charge in [-0.3, -0.25) is 4.90 Å². The maximum absolute atomic E-state index is 3.59. The quantitative estimate of drug-likeness (QED) is 0.735. The van der Waals surface area contributed by atoms with Crippen molar-refractivity contribution in [3.05, 3.63) is 56.2 Å². The fourth-order valence-electron chi connectivity index (χ4n) is 3.93. The van der Waals surface area contributed by atoms with Gasteiger partial charge < -0.3 is 0 Å². The Morgan fingerprint density at radius 1 is 1.05 bits per heavy atom. The molecule has 5 rings (SSSR count). The third-order valence-corrected chi connectivity index (χ3v) is 6.60. The molecule has 1 saturated heterocycles. The molecular weight excluding hydrogens is 342 g/mol. The minimum absolute atomic E-state index is 0.726. The van der Waals surface area contributed by atoms with E-state index >= 15 is 0 Å². The van der Waals surface area contributed by atoms with Crippen LogP contribution in [-0.4, -0.2) is 17.5 Å². The first kappa shape index (κ1) is 14.0. The smallest absolute Gasteiger partial charge is 0.0701 e. The molecule has 3 aliphatic rings. The minimum atomic E-state index is 0.726. The van der Waals surface area contributed by atoms with Gasteiger partial charge in [-0.05, 0) is 70.8 Å². The topological polar surface area (TPSA) is 3.24 Å². The Hall–Kier alpha value is -0.640. The molecule has 0 N–H and O–H groups in total. The first-order valence-electron chi connectivity index (χ1n) is 7.83. The second-order valence-electron chi connectivity index (χ2n) is 6.41. The number of hydrogen-bond acceptors (Lipinski definition) is 2. The van der Waals surface area contributed by atoms with Crippen molar-refractivity contribution in [1.29, 1.82) is 0 Å². The van der Waals surface area contributed by atoms with Crippen LogP contribution in [0.3, 0.4) is 0 Å². The van der Waals surface area contributed by atoms with Gasteiger partial charge in [0.1, 0.15) is 0 Å². The number of fused-ring (bicyclic) bond motifs is 2. The Morgan fingerprint density at radius 3 is 2.62 bits per heavy atom. The van der Waals surface area contributed by atoms with E-state index < -0.39 is 0 Å². The van der Waals surface area contributed by atoms with E-state index in [4.69, 9.17) is 0 Å². The Balaban J connectivity index is 1.58. The lowest BCUT2D eigenvalue weighted by Crippen LogP contribution is -2.45. The molecule has 1 fully saturated rings. The van der Waals surface area contributed by atoms with Crippen LogP contribution in [-0.2, 0) is 19.4 Å². The largest absolute Gasteiger partial charge is 0.295 e. The molecule has 21 heavy (non-hydrogen) atoms. The van der Waals surface area contributed by atoms with E-state index in [1.807, 2.05) is 11.3 Å². The lowest BCUT2D eigenvalue weighted by molar-refractivity contribution is 0.0948. The number of hydrogen-bond donors (Lipinski definition) is 0. The van der Waals surface area contributed by atoms with Crippen LogP contribution >= 0.6 is 27.3 Å². The molecule has 0 unspecified atom stereocenters. The third-order valence-electron chi connectivity index (χ3n) is 4.99. The highest BCUT2D eigenvalue weighted by molar-refractivity contribution is 9.11. The van der Waals surface area contributed by atoms with Crippen LogP contribution in [0, 0.1) is 5.92 Å². The summed E-state index contributed by atoms with van der Waals surface area (Å²) in [6.07, 6.45) is 5.28. The molecule has 0 spiro atoms. The van der Waals surface area contributed by atoms with Crippen LogP contribution in [0.25, 0.3) is 0 Å². The zero-order valence-corrected chi connectivity index (χ0v) is 14.5. The van der Waals surface area contributed by atoms with E-state index in [0.29, 0.717) is 0 Å². The molecule has 2 atom stereocenters. The molecule has 3 heterocycles. The second-order valence-corrected chi connectivity index (χ2v) is 8.96. The van der Waals surface area contributed by atoms with E-state index in [0.717, 1.165) is 18.5 Å². The molecule has 0 radical (unpaired) electrons. The molecule has 110 valence electrons. The first-order valence-corrected chi connectivity index (χ1v) is 9.44. The van der Waals surface area contributed by atoms with Gasteiger partial charge in [0.25, 0.3) is 0 Å². The molecule has 3 heteroatoms. The maximum atomic E-state index is 3.59. The van der Waals surface area contributed by atoms with Gasteiger partial charge >= 0.3 is 0 Å². The van der Waals surface area contributed by atoms with E-state index in [1.54, 1.807) is 11.1 Å². The standard InChI is InChI=1S/C18H20BrNS/c19-18-8-7-17(21-18)12-20-11-13-5-6-16(20)10-15-4-2-1-3-14(15)9-13/h1-4,7-8,13,16H,5-6,9-12H2/t13-,16+/m0/s1. The fraction of sp³-hybridized carbons (Fsp3) is 0.444. The summed E-state index contributed by atoms with van der Waals surface area (Å²) in [6.45, 7) is 2.40. The lowest BCUT2D eigenvalue weighted by atomic mass is 9.80. The van der Waals surface area contributed by atoms with Crippen LogP contribution in [0.5, 0.6) is 0 Å². The van der Waals surface area contributed by atoms with E-state index in [1.165, 1.54) is 40.9 Å². The van der Waals surface area contributed by atoms with Gasteiger partial charge in [-0.2, -0.15) is 0 Å². The number of rotatable bonds is 2. The molecule has 1 aromatic carbocycles. The molecule has 0 amide bonds. The van der Waals surface area contributed by atoms with Gasteiger partial charge in [-0.15, -0.1) is 11.3 Å². The highest BCUT2D eigenvalue weighted by Crippen LogP contribution is 2.34. The monoisotopic (exact) mass is 361 g/mol. The van der Waals surface area contributed by atoms with Gasteiger partial charge in [0.2, 0.25) is 0 Å². The summed E-state index contributed by atoms with van der Waals surface area (Å²) in [5.74, 6) is 0.839. The number of nitrogens with zero attached hydrogens (tertiary/aromatic N) is 1. The number of benzene rings is 1. The van der Waals surface area contributed by atoms with Crippen molar-refractivity contribution in [2.24, 2.45) is 5.92 Å². The van der Waals surface area contributed by atoms with Crippen molar-refractivity contribution in [1.82, 2.24) is 4.90 Å². The zero-order chi connectivity index (χ0) is 14.2. The van der Waals surface area contributed by atoms with Crippen LogP contribution in [0.1, 0.15) is 28.8 Å². The molecular formula is C18H20BrNS. The average molecular weight is 362 g/mol. The fourth-order valence-corrected chi connectivity index (χ4v) is 5.44. The van der Waals surface area contributed by atoms with Gasteiger partial charge in [0, 0.05) is 24.0 Å². The normalized spacial score (nSPS) is 25.4. The molecule has 2 aromatic rings. The van der Waals surface area contributed by atoms with Gasteiger partial charge in [-0.25, -0.2) is 0 Å². The third kappa shape index (κ3) is 2.96. The number of halogens is 1. The van der Waals surface area contributed by atoms with Gasteiger partial charge in [0.15, 0.2) is 0 Å². The Kier molecular flexibility index (Phi) is 3.91. The molecule has 1 nitrogen and oxygen atoms in total. The van der Waals surface area contributed by atoms with E-state index in [9.17, 15) is 0 Å². The predicted octanol–water partition coefficient (Wildman–Crippen LogP) is 4.89. The Bertz CT molecular complexity index is 636. The van der Waals surface area contributed by atoms with Crippen molar-refractivity contribution in [2.75, 3.05) is 6.54 Å². The molecule has 2 bridgehead atoms. The molecule has 2 aliphatic heterocycles. The summed E-state index contributed by atoms with van der Waals surface area (Å²) in [7, 11) is 0. The van der Waals surface area contributed by atoms with Crippen LogP contribution < -0.4 is 0 Å². The maximum Gasteiger partial charge on any atom is 0.0701 e. The highest BCUT2D eigenvalue weighted by atomic mass is 79.9. The van der Waals surface area contributed by atoms with Crippen LogP contribution in [0.2, 0.25) is 0 Å². The zero-order valence-electron chi connectivity index (χ0n) is 12.1. The summed E-state index contributed by atoms with van der Waals surface area (Å²) in [4.78, 5) is 4.23. The first-order chi connectivity index (χ1) is 10.3. The number of thiophene rings is 1. The van der Waals surface area contributed by atoms with Crippen LogP contribution in [0.15, 0.2) is 40.2 Å². The van der Waals surface area contributed by atoms with E-state index in [2.05, 4.69) is 57.2 Å². The summed E-state index contributed by atoms with van der Waals surface area (Å²) in [5.41, 5.74) is 3.19. The van der Waals surface area contributed by atoms with Gasteiger partial charge in [0.05, 0.1) is 3.79 Å². The van der Waals surface area contributed by atoms with Crippen molar-refractivity contribution in [2.45, 2.75) is 38.3 Å². The van der Waals surface area contributed by atoms with Crippen molar-refractivity contribution >= 4 is 27.3 Å². The van der Waals surface area contributed by atoms with Crippen molar-refractivity contribution in [3.63, 3.8) is 0 Å². The minimum Gasteiger partial charge on any atom is -0.295 e. The predicted molar refractivity (Wildman–Crippen MR) is 92.8 cm³/mol. The van der Waals surface area contributed by atoms with Crippen molar-refractivity contribution < 1.29 is 0 Å². The summed E-state index contributed by atoms with van der Waals surface area (Å²) in [5, 5.41) is 0. The van der Waals surface area contributed by atoms with Crippen LogP contribution in [0.4, 0.5) is 0 Å². The Labute approximate surface area is 139 Å².